The summed E-state index contributed by atoms with van der Waals surface area (Å²) in [6.45, 7) is 5.32. The van der Waals surface area contributed by atoms with Gasteiger partial charge in [-0.25, -0.2) is 0 Å². The molecular weight excluding hydrogens is 162 g/mol. The lowest BCUT2D eigenvalue weighted by atomic mass is 9.66. The molecule has 1 rings (SSSR count). The molecule has 0 heterocycles. The van der Waals surface area contributed by atoms with Crippen LogP contribution in [0, 0.1) is 28.6 Å². The van der Waals surface area contributed by atoms with Crippen molar-refractivity contribution >= 4 is 5.78 Å². The Morgan fingerprint density at radius 2 is 2.23 bits per heavy atom. The second-order valence-electron chi connectivity index (χ2n) is 4.43. The van der Waals surface area contributed by atoms with Gasteiger partial charge in [-0.05, 0) is 17.8 Å². The molecule has 0 aromatic rings. The molecule has 1 fully saturated rings. The van der Waals surface area contributed by atoms with E-state index in [0.717, 1.165) is 0 Å². The summed E-state index contributed by atoms with van der Waals surface area (Å²) in [4.78, 5) is 11.8. The predicted molar refractivity (Wildman–Crippen MR) is 50.9 cm³/mol. The summed E-state index contributed by atoms with van der Waals surface area (Å²) in [6.07, 6.45) is -4.75. The number of carbonyl (C=O) groups is 1. The maximum absolute atomic E-state index is 11.8. The highest BCUT2D eigenvalue weighted by Gasteiger charge is 2.36. The number of hydrogen-bond donors (Lipinski definition) is 0. The molecule has 0 bridgehead atoms. The molecule has 1 saturated carbocycles. The zero-order valence-corrected chi connectivity index (χ0v) is 8.22. The van der Waals surface area contributed by atoms with Gasteiger partial charge in [0.2, 0.25) is 0 Å². The highest BCUT2D eigenvalue weighted by atomic mass is 16.1. The number of ketones is 1. The Kier molecular flexibility index (Phi) is 1.56. The van der Waals surface area contributed by atoms with Gasteiger partial charge in [0.1, 0.15) is 5.78 Å². The van der Waals surface area contributed by atoms with Crippen LogP contribution >= 0.6 is 0 Å². The molecule has 1 aliphatic rings. The Morgan fingerprint density at radius 3 is 2.69 bits per heavy atom. The maximum atomic E-state index is 11.8. The summed E-state index contributed by atoms with van der Waals surface area (Å²) in [5, 5.41) is 9.08. The minimum atomic E-state index is -2.29. The van der Waals surface area contributed by atoms with Crippen molar-refractivity contribution in [1.82, 2.24) is 0 Å². The highest BCUT2D eigenvalue weighted by Crippen LogP contribution is 2.40. The third kappa shape index (κ3) is 2.30. The summed E-state index contributed by atoms with van der Waals surface area (Å²) >= 11 is 0. The van der Waals surface area contributed by atoms with E-state index in [-0.39, 0.29) is 6.42 Å². The van der Waals surface area contributed by atoms with Crippen molar-refractivity contribution in [2.75, 3.05) is 0 Å². The van der Waals surface area contributed by atoms with E-state index in [1.54, 1.807) is 20.8 Å². The van der Waals surface area contributed by atoms with Gasteiger partial charge in [-0.1, -0.05) is 20.8 Å². The second-order valence-corrected chi connectivity index (χ2v) is 4.43. The lowest BCUT2D eigenvalue weighted by Gasteiger charge is -2.36. The van der Waals surface area contributed by atoms with E-state index >= 15 is 0 Å². The van der Waals surface area contributed by atoms with Crippen molar-refractivity contribution in [3.8, 4) is 6.07 Å². The van der Waals surface area contributed by atoms with Crippen LogP contribution < -0.4 is 0 Å². The average Bonchev–Trinajstić information content (AvgIpc) is 2.10. The van der Waals surface area contributed by atoms with Gasteiger partial charge in [0.15, 0.2) is 0 Å². The molecule has 0 aromatic carbocycles. The topological polar surface area (TPSA) is 40.9 Å². The molecule has 1 aliphatic carbocycles. The van der Waals surface area contributed by atoms with Crippen LogP contribution in [0.15, 0.2) is 0 Å². The van der Waals surface area contributed by atoms with Gasteiger partial charge < -0.3 is 0 Å². The Hall–Kier alpha value is -0.840. The van der Waals surface area contributed by atoms with Crippen LogP contribution in [0.3, 0.4) is 0 Å². The molecule has 72 valence electrons. The number of nitrogens with zero attached hydrogens (tertiary/aromatic N) is 1. The van der Waals surface area contributed by atoms with Gasteiger partial charge in [0.05, 0.1) is 12.0 Å². The normalized spacial score (nSPS) is 42.2. The minimum absolute atomic E-state index is 0.218. The molecule has 0 radical (unpaired) electrons. The first-order valence-corrected chi connectivity index (χ1v) is 4.39. The van der Waals surface area contributed by atoms with Crippen LogP contribution in [-0.2, 0) is 4.79 Å². The number of Topliss-reactive ketones (excluding diaryl/α,β-unsaturated/α-hetero) is 1. The van der Waals surface area contributed by atoms with Crippen molar-refractivity contribution in [3.63, 3.8) is 0 Å². The van der Waals surface area contributed by atoms with E-state index in [2.05, 4.69) is 0 Å². The zero-order valence-electron chi connectivity index (χ0n) is 12.2. The highest BCUT2D eigenvalue weighted by molar-refractivity contribution is 5.79. The fourth-order valence-electron chi connectivity index (χ4n) is 1.55. The van der Waals surface area contributed by atoms with Crippen LogP contribution in [0.4, 0.5) is 0 Å². The Morgan fingerprint density at radius 1 is 1.62 bits per heavy atom. The smallest absolute Gasteiger partial charge is 0.133 e. The molecule has 0 unspecified atom stereocenters. The van der Waals surface area contributed by atoms with E-state index in [4.69, 9.17) is 10.7 Å². The fraction of sp³-hybridized carbons (Fsp3) is 0.818. The first-order valence-electron chi connectivity index (χ1n) is 6.39. The summed E-state index contributed by atoms with van der Waals surface area (Å²) in [5.74, 6) is -2.59. The molecule has 0 amide bonds. The minimum Gasteiger partial charge on any atom is -0.300 e. The van der Waals surface area contributed by atoms with Crippen LogP contribution in [0.2, 0.25) is 0 Å². The average molecular weight is 183 g/mol. The third-order valence-electron chi connectivity index (χ3n) is 2.27. The standard InChI is InChI=1S/C11H17NO/c1-11(2,3)10-6-9(13)5-4-8(10)7-12/h8,10H,4-6H2,1-3H3/t8-,10-/m0/s1/i5D2,6D2. The maximum Gasteiger partial charge on any atom is 0.133 e. The van der Waals surface area contributed by atoms with Crippen molar-refractivity contribution in [2.45, 2.75) is 39.9 Å². The summed E-state index contributed by atoms with van der Waals surface area (Å²) < 4.78 is 30.8. The van der Waals surface area contributed by atoms with E-state index in [1.807, 2.05) is 6.07 Å². The third-order valence-corrected chi connectivity index (χ3v) is 2.27. The van der Waals surface area contributed by atoms with E-state index in [1.165, 1.54) is 0 Å². The van der Waals surface area contributed by atoms with Crippen LogP contribution in [0.1, 0.15) is 45.4 Å². The van der Waals surface area contributed by atoms with Crippen LogP contribution in [0.25, 0.3) is 0 Å². The zero-order chi connectivity index (χ0) is 13.6. The number of nitriles is 1. The van der Waals surface area contributed by atoms with Gasteiger partial charge in [0.25, 0.3) is 0 Å². The van der Waals surface area contributed by atoms with E-state index in [9.17, 15) is 4.79 Å². The Balaban J connectivity index is 3.30. The van der Waals surface area contributed by atoms with E-state index in [0.29, 0.717) is 0 Å². The van der Waals surface area contributed by atoms with E-state index < -0.39 is 35.8 Å². The quantitative estimate of drug-likeness (QED) is 0.579. The fourth-order valence-corrected chi connectivity index (χ4v) is 1.55. The van der Waals surface area contributed by atoms with Gasteiger partial charge in [-0.3, -0.25) is 4.79 Å². The molecular formula is C11H17NO. The Labute approximate surface area is 85.6 Å². The van der Waals surface area contributed by atoms with Gasteiger partial charge in [-0.2, -0.15) is 5.26 Å². The monoisotopic (exact) mass is 183 g/mol. The lowest BCUT2D eigenvalue weighted by Crippen LogP contribution is -2.33. The Bertz CT molecular complexity index is 378. The van der Waals surface area contributed by atoms with Gasteiger partial charge in [0, 0.05) is 18.2 Å². The first-order chi connectivity index (χ1) is 7.44. The molecule has 2 heteroatoms. The molecule has 0 aliphatic heterocycles. The van der Waals surface area contributed by atoms with Crippen molar-refractivity contribution in [3.05, 3.63) is 0 Å². The second kappa shape index (κ2) is 3.49. The first kappa shape index (κ1) is 5.80. The molecule has 0 spiro atoms. The van der Waals surface area contributed by atoms with Crippen LogP contribution in [0.5, 0.6) is 0 Å². The van der Waals surface area contributed by atoms with Gasteiger partial charge >= 0.3 is 0 Å². The summed E-state index contributed by atoms with van der Waals surface area (Å²) in [6, 6.07) is 1.96. The number of rotatable bonds is 0. The molecule has 0 N–H and O–H groups in total. The SMILES string of the molecule is [2H]C1([2H])C[C@@H](C#N)[C@@H](C(C)(C)C)C([2H])([2H])C1=O. The predicted octanol–water partition coefficient (Wildman–Crippen LogP) is 2.54. The number of carbonyl (C=O) groups excluding carboxylic acids is 1. The molecule has 0 aromatic heterocycles. The van der Waals surface area contributed by atoms with Crippen molar-refractivity contribution in [1.29, 1.82) is 5.26 Å². The van der Waals surface area contributed by atoms with Crippen molar-refractivity contribution in [2.24, 2.45) is 17.3 Å². The van der Waals surface area contributed by atoms with Crippen LogP contribution in [-0.4, -0.2) is 5.78 Å². The summed E-state index contributed by atoms with van der Waals surface area (Å²) in [7, 11) is 0. The largest absolute Gasteiger partial charge is 0.300 e. The summed E-state index contributed by atoms with van der Waals surface area (Å²) in [5.41, 5.74) is -0.559. The van der Waals surface area contributed by atoms with Gasteiger partial charge in [-0.15, -0.1) is 0 Å². The lowest BCUT2D eigenvalue weighted by molar-refractivity contribution is -0.123. The molecule has 0 saturated heterocycles. The molecule has 13 heavy (non-hydrogen) atoms. The number of hydrogen-bond acceptors (Lipinski definition) is 2. The van der Waals surface area contributed by atoms with Crippen molar-refractivity contribution < 1.29 is 10.3 Å². The molecule has 2 nitrogen and oxygen atoms in total. The molecule has 2 atom stereocenters.